The van der Waals surface area contributed by atoms with Crippen LogP contribution in [0.5, 0.6) is 5.75 Å². The fraction of sp³-hybridized carbons (Fsp3) is 0.389. The monoisotopic (exact) mass is 300 g/mol. The summed E-state index contributed by atoms with van der Waals surface area (Å²) in [6.45, 7) is 8.25. The molecule has 0 aliphatic rings. The number of methoxy groups -OCH3 is 1. The Kier molecular flexibility index (Phi) is 4.42. The van der Waals surface area contributed by atoms with Gasteiger partial charge in [-0.05, 0) is 52.0 Å². The summed E-state index contributed by atoms with van der Waals surface area (Å²) in [5, 5.41) is 0. The molecule has 4 nitrogen and oxygen atoms in total. The van der Waals surface area contributed by atoms with Crippen molar-refractivity contribution < 1.29 is 4.74 Å². The Bertz CT molecular complexity index is 740. The van der Waals surface area contributed by atoms with E-state index >= 15 is 0 Å². The molecule has 2 N–H and O–H groups in total. The summed E-state index contributed by atoms with van der Waals surface area (Å²) >= 11 is 0. The quantitative estimate of drug-likeness (QED) is 0.944. The fourth-order valence-electron chi connectivity index (χ4n) is 2.64. The standard InChI is InChI=1S/C18H24N2O2/c1-6-20-15(9-8-14(17(20)21)18(3,4)19)13-11-12(2)7-10-16(13)22-5/h7-11H,6,19H2,1-5H3. The van der Waals surface area contributed by atoms with E-state index in [9.17, 15) is 4.79 Å². The molecule has 0 atom stereocenters. The van der Waals surface area contributed by atoms with Gasteiger partial charge in [0, 0.05) is 23.2 Å². The number of nitrogens with two attached hydrogens (primary N) is 1. The van der Waals surface area contributed by atoms with Gasteiger partial charge in [0.2, 0.25) is 0 Å². The average molecular weight is 300 g/mol. The molecule has 0 saturated carbocycles. The van der Waals surface area contributed by atoms with Crippen molar-refractivity contribution in [3.05, 3.63) is 51.8 Å². The average Bonchev–Trinajstić information content (AvgIpc) is 2.45. The summed E-state index contributed by atoms with van der Waals surface area (Å²) in [6, 6.07) is 9.73. The number of ether oxygens (including phenoxy) is 1. The zero-order valence-corrected chi connectivity index (χ0v) is 13.9. The second kappa shape index (κ2) is 5.97. The second-order valence-electron chi connectivity index (χ2n) is 6.11. The minimum atomic E-state index is -0.663. The highest BCUT2D eigenvalue weighted by atomic mass is 16.5. The maximum Gasteiger partial charge on any atom is 0.256 e. The molecule has 1 aromatic heterocycles. The molecule has 0 fully saturated rings. The fourth-order valence-corrected chi connectivity index (χ4v) is 2.64. The van der Waals surface area contributed by atoms with Gasteiger partial charge < -0.3 is 15.0 Å². The Morgan fingerprint density at radius 2 is 1.91 bits per heavy atom. The van der Waals surface area contributed by atoms with Crippen LogP contribution in [0.4, 0.5) is 0 Å². The van der Waals surface area contributed by atoms with E-state index in [0.29, 0.717) is 12.1 Å². The number of pyridine rings is 1. The number of aryl methyl sites for hydroxylation is 1. The Labute approximate surface area is 131 Å². The lowest BCUT2D eigenvalue weighted by Crippen LogP contribution is -2.38. The minimum absolute atomic E-state index is 0.0453. The number of hydrogen-bond acceptors (Lipinski definition) is 3. The molecular formula is C18H24N2O2. The third kappa shape index (κ3) is 2.92. The predicted octanol–water partition coefficient (Wildman–Crippen LogP) is 3.05. The molecule has 1 aromatic carbocycles. The Balaban J connectivity index is 2.76. The van der Waals surface area contributed by atoms with Crippen LogP contribution in [-0.2, 0) is 12.1 Å². The highest BCUT2D eigenvalue weighted by Gasteiger charge is 2.21. The summed E-state index contributed by atoms with van der Waals surface area (Å²) in [5.74, 6) is 0.756. The molecule has 0 amide bonds. The van der Waals surface area contributed by atoms with Crippen molar-refractivity contribution in [2.45, 2.75) is 39.8 Å². The molecule has 0 bridgehead atoms. The molecule has 0 unspecified atom stereocenters. The summed E-state index contributed by atoms with van der Waals surface area (Å²) in [5.41, 5.74) is 8.91. The van der Waals surface area contributed by atoms with Gasteiger partial charge in [-0.3, -0.25) is 4.79 Å². The number of rotatable bonds is 4. The zero-order chi connectivity index (χ0) is 16.5. The zero-order valence-electron chi connectivity index (χ0n) is 13.9. The van der Waals surface area contributed by atoms with Gasteiger partial charge in [0.05, 0.1) is 12.8 Å². The first-order valence-corrected chi connectivity index (χ1v) is 7.47. The summed E-state index contributed by atoms with van der Waals surface area (Å²) < 4.78 is 7.20. The second-order valence-corrected chi connectivity index (χ2v) is 6.11. The van der Waals surface area contributed by atoms with Crippen LogP contribution in [0.15, 0.2) is 35.1 Å². The van der Waals surface area contributed by atoms with Crippen LogP contribution in [0.1, 0.15) is 31.9 Å². The smallest absolute Gasteiger partial charge is 0.256 e. The van der Waals surface area contributed by atoms with Crippen LogP contribution in [0, 0.1) is 6.92 Å². The third-order valence-electron chi connectivity index (χ3n) is 3.82. The molecule has 0 spiro atoms. The molecule has 2 aromatic rings. The molecule has 2 rings (SSSR count). The first-order chi connectivity index (χ1) is 10.3. The topological polar surface area (TPSA) is 57.2 Å². The number of hydrogen-bond donors (Lipinski definition) is 1. The first kappa shape index (κ1) is 16.3. The van der Waals surface area contributed by atoms with Gasteiger partial charge in [-0.15, -0.1) is 0 Å². The predicted molar refractivity (Wildman–Crippen MR) is 90.3 cm³/mol. The number of aromatic nitrogens is 1. The number of nitrogens with zero attached hydrogens (tertiary/aromatic N) is 1. The Morgan fingerprint density at radius 1 is 1.23 bits per heavy atom. The number of benzene rings is 1. The van der Waals surface area contributed by atoms with Gasteiger partial charge in [-0.1, -0.05) is 11.6 Å². The Morgan fingerprint density at radius 3 is 2.45 bits per heavy atom. The molecule has 22 heavy (non-hydrogen) atoms. The summed E-state index contributed by atoms with van der Waals surface area (Å²) in [6.07, 6.45) is 0. The van der Waals surface area contributed by atoms with Crippen LogP contribution in [0.25, 0.3) is 11.3 Å². The van der Waals surface area contributed by atoms with E-state index in [1.807, 2.05) is 58.0 Å². The van der Waals surface area contributed by atoms with Gasteiger partial charge in [0.1, 0.15) is 5.75 Å². The normalized spacial score (nSPS) is 11.5. The van der Waals surface area contributed by atoms with Gasteiger partial charge in [-0.2, -0.15) is 0 Å². The van der Waals surface area contributed by atoms with Crippen molar-refractivity contribution in [2.75, 3.05) is 7.11 Å². The van der Waals surface area contributed by atoms with Gasteiger partial charge in [-0.25, -0.2) is 0 Å². The van der Waals surface area contributed by atoms with E-state index in [-0.39, 0.29) is 5.56 Å². The molecular weight excluding hydrogens is 276 g/mol. The molecule has 4 heteroatoms. The van der Waals surface area contributed by atoms with Crippen molar-refractivity contribution >= 4 is 0 Å². The highest BCUT2D eigenvalue weighted by molar-refractivity contribution is 5.68. The van der Waals surface area contributed by atoms with Crippen LogP contribution >= 0.6 is 0 Å². The maximum absolute atomic E-state index is 12.8. The van der Waals surface area contributed by atoms with E-state index in [4.69, 9.17) is 10.5 Å². The molecule has 118 valence electrons. The van der Waals surface area contributed by atoms with Crippen molar-refractivity contribution in [3.63, 3.8) is 0 Å². The molecule has 0 aliphatic carbocycles. The van der Waals surface area contributed by atoms with Crippen LogP contribution in [0.2, 0.25) is 0 Å². The summed E-state index contributed by atoms with van der Waals surface area (Å²) in [4.78, 5) is 12.8. The van der Waals surface area contributed by atoms with Crippen LogP contribution < -0.4 is 16.0 Å². The highest BCUT2D eigenvalue weighted by Crippen LogP contribution is 2.31. The van der Waals surface area contributed by atoms with Crippen molar-refractivity contribution in [3.8, 4) is 17.0 Å². The molecule has 1 heterocycles. The lowest BCUT2D eigenvalue weighted by Gasteiger charge is -2.22. The first-order valence-electron chi connectivity index (χ1n) is 7.47. The van der Waals surface area contributed by atoms with E-state index < -0.39 is 5.54 Å². The van der Waals surface area contributed by atoms with Crippen LogP contribution in [-0.4, -0.2) is 11.7 Å². The lowest BCUT2D eigenvalue weighted by atomic mass is 9.95. The van der Waals surface area contributed by atoms with Gasteiger partial charge in [0.15, 0.2) is 0 Å². The van der Waals surface area contributed by atoms with Crippen molar-refractivity contribution in [1.82, 2.24) is 4.57 Å². The van der Waals surface area contributed by atoms with E-state index in [0.717, 1.165) is 22.6 Å². The lowest BCUT2D eigenvalue weighted by molar-refractivity contribution is 0.416. The maximum atomic E-state index is 12.8. The van der Waals surface area contributed by atoms with Gasteiger partial charge in [0.25, 0.3) is 5.56 Å². The third-order valence-corrected chi connectivity index (χ3v) is 3.82. The Hall–Kier alpha value is -2.07. The SMILES string of the molecule is CCn1c(-c2cc(C)ccc2OC)ccc(C(C)(C)N)c1=O. The largest absolute Gasteiger partial charge is 0.496 e. The van der Waals surface area contributed by atoms with E-state index in [2.05, 4.69) is 0 Å². The van der Waals surface area contributed by atoms with Crippen molar-refractivity contribution in [2.24, 2.45) is 5.73 Å². The van der Waals surface area contributed by atoms with E-state index in [1.54, 1.807) is 11.7 Å². The van der Waals surface area contributed by atoms with E-state index in [1.165, 1.54) is 0 Å². The minimum Gasteiger partial charge on any atom is -0.496 e. The molecule has 0 saturated heterocycles. The summed E-state index contributed by atoms with van der Waals surface area (Å²) in [7, 11) is 1.64. The van der Waals surface area contributed by atoms with Crippen LogP contribution in [0.3, 0.4) is 0 Å². The molecule has 0 radical (unpaired) electrons. The van der Waals surface area contributed by atoms with Gasteiger partial charge >= 0.3 is 0 Å². The molecule has 0 aliphatic heterocycles. The van der Waals surface area contributed by atoms with Crippen molar-refractivity contribution in [1.29, 1.82) is 0 Å².